The maximum absolute atomic E-state index is 3.45. The molecule has 0 bridgehead atoms. The summed E-state index contributed by atoms with van der Waals surface area (Å²) in [5, 5.41) is 3.42. The van der Waals surface area contributed by atoms with E-state index in [-0.39, 0.29) is 0 Å². The van der Waals surface area contributed by atoms with Crippen LogP contribution in [0.5, 0.6) is 0 Å². The Balaban J connectivity index is 1.89. The van der Waals surface area contributed by atoms with Gasteiger partial charge in [-0.3, -0.25) is 0 Å². The van der Waals surface area contributed by atoms with E-state index in [1.807, 2.05) is 0 Å². The monoisotopic (exact) mass is 253 g/mol. The zero-order chi connectivity index (χ0) is 10.0. The minimum atomic E-state index is 0.479. The van der Waals surface area contributed by atoms with E-state index in [1.165, 1.54) is 31.2 Å². The SMILES string of the molecule is CNC1(CCc2ccc(Br)cc2)CC1. The van der Waals surface area contributed by atoms with Gasteiger partial charge in [-0.05, 0) is 50.4 Å². The number of rotatable bonds is 4. The van der Waals surface area contributed by atoms with Gasteiger partial charge in [-0.25, -0.2) is 0 Å². The molecule has 0 amide bonds. The lowest BCUT2D eigenvalue weighted by Crippen LogP contribution is -2.27. The Bertz CT molecular complexity index is 301. The average Bonchev–Trinajstić information content (AvgIpc) is 2.98. The van der Waals surface area contributed by atoms with Crippen LogP contribution in [0.4, 0.5) is 0 Å². The van der Waals surface area contributed by atoms with Crippen LogP contribution in [0, 0.1) is 0 Å². The van der Waals surface area contributed by atoms with Crippen molar-refractivity contribution in [1.29, 1.82) is 0 Å². The largest absolute Gasteiger partial charge is 0.314 e. The molecule has 0 radical (unpaired) electrons. The smallest absolute Gasteiger partial charge is 0.0183 e. The van der Waals surface area contributed by atoms with Gasteiger partial charge in [0.15, 0.2) is 0 Å². The van der Waals surface area contributed by atoms with Crippen molar-refractivity contribution in [2.45, 2.75) is 31.2 Å². The summed E-state index contributed by atoms with van der Waals surface area (Å²) < 4.78 is 1.16. The van der Waals surface area contributed by atoms with Gasteiger partial charge in [0.1, 0.15) is 0 Å². The normalized spacial score (nSPS) is 18.1. The van der Waals surface area contributed by atoms with Crippen molar-refractivity contribution in [2.75, 3.05) is 7.05 Å². The fourth-order valence-electron chi connectivity index (χ4n) is 1.81. The molecule has 0 saturated heterocycles. The van der Waals surface area contributed by atoms with Crippen LogP contribution in [0.15, 0.2) is 28.7 Å². The second kappa shape index (κ2) is 4.03. The first-order chi connectivity index (χ1) is 6.74. The third-order valence-electron chi connectivity index (χ3n) is 3.19. The maximum Gasteiger partial charge on any atom is 0.0183 e. The Morgan fingerprint density at radius 2 is 1.93 bits per heavy atom. The summed E-state index contributed by atoms with van der Waals surface area (Å²) in [5.74, 6) is 0. The lowest BCUT2D eigenvalue weighted by Gasteiger charge is -2.13. The van der Waals surface area contributed by atoms with Gasteiger partial charge < -0.3 is 5.32 Å². The molecule has 0 spiro atoms. The molecule has 1 nitrogen and oxygen atoms in total. The molecule has 1 aromatic rings. The highest BCUT2D eigenvalue weighted by Crippen LogP contribution is 2.39. The van der Waals surface area contributed by atoms with E-state index >= 15 is 0 Å². The minimum absolute atomic E-state index is 0.479. The quantitative estimate of drug-likeness (QED) is 0.870. The second-order valence-corrected chi connectivity index (χ2v) is 5.07. The summed E-state index contributed by atoms with van der Waals surface area (Å²) in [6, 6.07) is 8.65. The molecule has 14 heavy (non-hydrogen) atoms. The highest BCUT2D eigenvalue weighted by molar-refractivity contribution is 9.10. The minimum Gasteiger partial charge on any atom is -0.314 e. The Morgan fingerprint density at radius 1 is 1.29 bits per heavy atom. The molecule has 1 N–H and O–H groups in total. The topological polar surface area (TPSA) is 12.0 Å². The first kappa shape index (κ1) is 10.2. The summed E-state index contributed by atoms with van der Waals surface area (Å²) in [6.45, 7) is 0. The third-order valence-corrected chi connectivity index (χ3v) is 3.72. The van der Waals surface area contributed by atoms with Crippen molar-refractivity contribution < 1.29 is 0 Å². The molecule has 1 aromatic carbocycles. The van der Waals surface area contributed by atoms with Gasteiger partial charge in [-0.15, -0.1) is 0 Å². The van der Waals surface area contributed by atoms with Crippen LogP contribution in [-0.2, 0) is 6.42 Å². The number of benzene rings is 1. The molecule has 0 aromatic heterocycles. The van der Waals surface area contributed by atoms with Crippen LogP contribution >= 0.6 is 15.9 Å². The number of aryl methyl sites for hydroxylation is 1. The molecule has 2 heteroatoms. The van der Waals surface area contributed by atoms with Gasteiger partial charge >= 0.3 is 0 Å². The van der Waals surface area contributed by atoms with Crippen molar-refractivity contribution in [3.8, 4) is 0 Å². The zero-order valence-corrected chi connectivity index (χ0v) is 10.1. The van der Waals surface area contributed by atoms with Crippen LogP contribution in [0.2, 0.25) is 0 Å². The van der Waals surface area contributed by atoms with Crippen molar-refractivity contribution in [2.24, 2.45) is 0 Å². The Kier molecular flexibility index (Phi) is 2.93. The fourth-order valence-corrected chi connectivity index (χ4v) is 2.07. The van der Waals surface area contributed by atoms with Crippen molar-refractivity contribution in [1.82, 2.24) is 5.32 Å². The summed E-state index contributed by atoms with van der Waals surface area (Å²) in [6.07, 6.45) is 5.15. The summed E-state index contributed by atoms with van der Waals surface area (Å²) in [7, 11) is 2.08. The maximum atomic E-state index is 3.45. The van der Waals surface area contributed by atoms with Crippen LogP contribution in [0.25, 0.3) is 0 Å². The standard InChI is InChI=1S/C12H16BrN/c1-14-12(8-9-12)7-6-10-2-4-11(13)5-3-10/h2-5,14H,6-9H2,1H3. The van der Waals surface area contributed by atoms with Gasteiger partial charge in [-0.2, -0.15) is 0 Å². The zero-order valence-electron chi connectivity index (χ0n) is 8.52. The first-order valence-electron chi connectivity index (χ1n) is 5.17. The lowest BCUT2D eigenvalue weighted by molar-refractivity contribution is 0.509. The van der Waals surface area contributed by atoms with Crippen LogP contribution in [0.3, 0.4) is 0 Å². The molecular weight excluding hydrogens is 238 g/mol. The summed E-state index contributed by atoms with van der Waals surface area (Å²) in [5.41, 5.74) is 1.92. The van der Waals surface area contributed by atoms with E-state index in [9.17, 15) is 0 Å². The lowest BCUT2D eigenvalue weighted by atomic mass is 10.0. The van der Waals surface area contributed by atoms with Crippen LogP contribution in [0.1, 0.15) is 24.8 Å². The van der Waals surface area contributed by atoms with Crippen molar-refractivity contribution in [3.05, 3.63) is 34.3 Å². The summed E-state index contributed by atoms with van der Waals surface area (Å²) >= 11 is 3.45. The predicted octanol–water partition coefficient (Wildman–Crippen LogP) is 3.13. The van der Waals surface area contributed by atoms with Crippen molar-refractivity contribution in [3.63, 3.8) is 0 Å². The molecule has 1 saturated carbocycles. The number of halogens is 1. The molecule has 0 aliphatic heterocycles. The molecule has 1 fully saturated rings. The number of hydrogen-bond donors (Lipinski definition) is 1. The van der Waals surface area contributed by atoms with Crippen molar-refractivity contribution >= 4 is 15.9 Å². The van der Waals surface area contributed by atoms with E-state index in [2.05, 4.69) is 52.6 Å². The molecule has 1 aliphatic carbocycles. The first-order valence-corrected chi connectivity index (χ1v) is 5.97. The Morgan fingerprint density at radius 3 is 2.43 bits per heavy atom. The van der Waals surface area contributed by atoms with Crippen LogP contribution < -0.4 is 5.32 Å². The van der Waals surface area contributed by atoms with E-state index in [1.54, 1.807) is 0 Å². The highest BCUT2D eigenvalue weighted by atomic mass is 79.9. The van der Waals surface area contributed by atoms with Gasteiger partial charge in [0, 0.05) is 10.0 Å². The number of hydrogen-bond acceptors (Lipinski definition) is 1. The van der Waals surface area contributed by atoms with Gasteiger partial charge in [0.2, 0.25) is 0 Å². The van der Waals surface area contributed by atoms with Crippen LogP contribution in [-0.4, -0.2) is 12.6 Å². The van der Waals surface area contributed by atoms with E-state index in [0.717, 1.165) is 4.47 Å². The third kappa shape index (κ3) is 2.37. The second-order valence-electron chi connectivity index (χ2n) is 4.16. The van der Waals surface area contributed by atoms with E-state index < -0.39 is 0 Å². The van der Waals surface area contributed by atoms with Gasteiger partial charge in [-0.1, -0.05) is 28.1 Å². The molecule has 0 heterocycles. The summed E-state index contributed by atoms with van der Waals surface area (Å²) in [4.78, 5) is 0. The molecular formula is C12H16BrN. The highest BCUT2D eigenvalue weighted by Gasteiger charge is 2.39. The fraction of sp³-hybridized carbons (Fsp3) is 0.500. The molecule has 2 rings (SSSR count). The predicted molar refractivity (Wildman–Crippen MR) is 63.5 cm³/mol. The van der Waals surface area contributed by atoms with Gasteiger partial charge in [0.25, 0.3) is 0 Å². The van der Waals surface area contributed by atoms with E-state index in [4.69, 9.17) is 0 Å². The van der Waals surface area contributed by atoms with Gasteiger partial charge in [0.05, 0.1) is 0 Å². The molecule has 0 atom stereocenters. The molecule has 1 aliphatic rings. The molecule has 76 valence electrons. The molecule has 0 unspecified atom stereocenters. The van der Waals surface area contributed by atoms with E-state index in [0.29, 0.717) is 5.54 Å². The number of nitrogens with one attached hydrogen (secondary N) is 1. The Labute approximate surface area is 94.0 Å². The Hall–Kier alpha value is -0.340. The average molecular weight is 254 g/mol.